The number of hydrogen-bond acceptors (Lipinski definition) is 5. The Morgan fingerprint density at radius 2 is 1.83 bits per heavy atom. The third kappa shape index (κ3) is 5.59. The Hall–Kier alpha value is -3.12. The number of nitrogens with zero attached hydrogens (tertiary/aromatic N) is 5. The summed E-state index contributed by atoms with van der Waals surface area (Å²) in [5.74, 6) is 0.133. The van der Waals surface area contributed by atoms with E-state index in [0.29, 0.717) is 24.7 Å². The van der Waals surface area contributed by atoms with Gasteiger partial charge in [0.25, 0.3) is 0 Å². The molecule has 186 valence electrons. The van der Waals surface area contributed by atoms with Gasteiger partial charge in [-0.05, 0) is 73.7 Å². The fraction of sp³-hybridized carbons (Fsp3) is 0.500. The number of carbonyl (C=O) groups is 1. The van der Waals surface area contributed by atoms with Gasteiger partial charge in [0.1, 0.15) is 0 Å². The van der Waals surface area contributed by atoms with Gasteiger partial charge in [-0.25, -0.2) is 0 Å². The first-order valence-corrected chi connectivity index (χ1v) is 11.9. The van der Waals surface area contributed by atoms with Crippen LogP contribution in [0.3, 0.4) is 0 Å². The van der Waals surface area contributed by atoms with Crippen LogP contribution in [0.2, 0.25) is 0 Å². The zero-order chi connectivity index (χ0) is 25.2. The number of rotatable bonds is 5. The van der Waals surface area contributed by atoms with Crippen LogP contribution >= 0.6 is 0 Å². The smallest absolute Gasteiger partial charge is 0.370 e. The molecular weight excluding hydrogens is 455 g/mol. The Labute approximate surface area is 204 Å². The molecule has 9 heteroatoms. The van der Waals surface area contributed by atoms with Gasteiger partial charge in [0.15, 0.2) is 0 Å². The molecule has 3 heterocycles. The maximum atomic E-state index is 13.5. The summed E-state index contributed by atoms with van der Waals surface area (Å²) in [5, 5.41) is 9.12. The summed E-state index contributed by atoms with van der Waals surface area (Å²) in [5.41, 5.74) is 0.304. The zero-order valence-corrected chi connectivity index (χ0v) is 20.0. The fourth-order valence-corrected chi connectivity index (χ4v) is 5.46. The highest BCUT2D eigenvalue weighted by atomic mass is 19.4. The van der Waals surface area contributed by atoms with Crippen molar-refractivity contribution in [3.05, 3.63) is 59.4 Å². The maximum Gasteiger partial charge on any atom is 0.417 e. The average Bonchev–Trinajstić information content (AvgIpc) is 3.29. The molecule has 2 aliphatic rings. The monoisotopic (exact) mass is 485 g/mol. The first-order chi connectivity index (χ1) is 16.7. The number of likely N-dealkylation sites (tertiary alicyclic amines) is 1. The van der Waals surface area contributed by atoms with E-state index >= 15 is 0 Å². The zero-order valence-electron chi connectivity index (χ0n) is 20.0. The molecule has 1 aromatic heterocycles. The van der Waals surface area contributed by atoms with Crippen LogP contribution in [0.25, 0.3) is 0 Å². The van der Waals surface area contributed by atoms with Gasteiger partial charge in [0.05, 0.1) is 23.1 Å². The van der Waals surface area contributed by atoms with Gasteiger partial charge < -0.3 is 9.80 Å². The number of piperidine rings is 1. The molecule has 2 fully saturated rings. The van der Waals surface area contributed by atoms with E-state index in [1.54, 1.807) is 43.5 Å². The van der Waals surface area contributed by atoms with Crippen molar-refractivity contribution >= 4 is 11.6 Å². The number of halogens is 3. The summed E-state index contributed by atoms with van der Waals surface area (Å²) in [6, 6.07) is 9.50. The molecule has 6 nitrogen and oxygen atoms in total. The van der Waals surface area contributed by atoms with Gasteiger partial charge in [-0.3, -0.25) is 14.7 Å². The Bertz CT molecular complexity index is 1070. The van der Waals surface area contributed by atoms with Crippen molar-refractivity contribution in [1.29, 1.82) is 5.26 Å². The molecule has 0 N–H and O–H groups in total. The van der Waals surface area contributed by atoms with E-state index in [9.17, 15) is 18.0 Å². The molecule has 2 saturated heterocycles. The molecule has 0 spiro atoms. The largest absolute Gasteiger partial charge is 0.417 e. The van der Waals surface area contributed by atoms with Crippen LogP contribution in [0.5, 0.6) is 0 Å². The first-order valence-electron chi connectivity index (χ1n) is 11.9. The quantitative estimate of drug-likeness (QED) is 0.640. The second-order valence-electron chi connectivity index (χ2n) is 9.72. The lowest BCUT2D eigenvalue weighted by atomic mass is 9.78. The molecular formula is C26H30F3N5O. The van der Waals surface area contributed by atoms with Crippen LogP contribution in [-0.4, -0.2) is 61.0 Å². The van der Waals surface area contributed by atoms with Crippen molar-refractivity contribution in [1.82, 2.24) is 14.8 Å². The number of anilines is 1. The van der Waals surface area contributed by atoms with Gasteiger partial charge in [-0.15, -0.1) is 0 Å². The molecule has 35 heavy (non-hydrogen) atoms. The predicted octanol–water partition coefficient (Wildman–Crippen LogP) is 4.02. The normalized spacial score (nSPS) is 21.7. The highest BCUT2D eigenvalue weighted by molar-refractivity contribution is 5.80. The summed E-state index contributed by atoms with van der Waals surface area (Å²) < 4.78 is 40.6. The molecule has 4 rings (SSSR count). The number of carbonyl (C=O) groups excluding carboxylic acids is 1. The van der Waals surface area contributed by atoms with Crippen LogP contribution in [0, 0.1) is 29.1 Å². The molecule has 0 radical (unpaired) electrons. The Kier molecular flexibility index (Phi) is 7.31. The van der Waals surface area contributed by atoms with Crippen molar-refractivity contribution in [2.45, 2.75) is 25.6 Å². The van der Waals surface area contributed by atoms with Gasteiger partial charge in [-0.1, -0.05) is 0 Å². The van der Waals surface area contributed by atoms with E-state index < -0.39 is 11.7 Å². The summed E-state index contributed by atoms with van der Waals surface area (Å²) in [6.45, 7) is 3.60. The van der Waals surface area contributed by atoms with E-state index in [1.807, 2.05) is 17.0 Å². The van der Waals surface area contributed by atoms with E-state index in [0.717, 1.165) is 38.5 Å². The number of amides is 1. The molecule has 0 bridgehead atoms. The molecule has 1 amide bonds. The topological polar surface area (TPSA) is 63.5 Å². The van der Waals surface area contributed by atoms with Crippen LogP contribution < -0.4 is 4.90 Å². The number of benzene rings is 1. The van der Waals surface area contributed by atoms with Gasteiger partial charge >= 0.3 is 6.18 Å². The molecule has 0 unspecified atom stereocenters. The van der Waals surface area contributed by atoms with Gasteiger partial charge in [0, 0.05) is 51.8 Å². The van der Waals surface area contributed by atoms with Gasteiger partial charge in [0.2, 0.25) is 5.91 Å². The standard InChI is InChI=1S/C26H30F3N5O/c1-32(2)25(35)23-17-34(21-4-3-20(14-30)24(13-21)26(27,28)29)16-22(23)19-7-11-33(12-8-19)15-18-5-9-31-10-6-18/h3-6,9-10,13,19,22-23H,7-8,11-12,15-17H2,1-2H3/t22-,23+/m0/s1. The lowest BCUT2D eigenvalue weighted by Crippen LogP contribution is -2.41. The van der Waals surface area contributed by atoms with Crippen LogP contribution in [0.1, 0.15) is 29.5 Å². The molecule has 0 aliphatic carbocycles. The van der Waals surface area contributed by atoms with Crippen LogP contribution in [0.4, 0.5) is 18.9 Å². The molecule has 2 aliphatic heterocycles. The third-order valence-electron chi connectivity index (χ3n) is 7.31. The predicted molar refractivity (Wildman–Crippen MR) is 126 cm³/mol. The Balaban J connectivity index is 1.50. The van der Waals surface area contributed by atoms with Crippen molar-refractivity contribution in [2.24, 2.45) is 17.8 Å². The van der Waals surface area contributed by atoms with E-state index in [4.69, 9.17) is 5.26 Å². The van der Waals surface area contributed by atoms with Crippen molar-refractivity contribution in [3.8, 4) is 6.07 Å². The third-order valence-corrected chi connectivity index (χ3v) is 7.31. The molecule has 2 aromatic rings. The first kappa shape index (κ1) is 25.0. The van der Waals surface area contributed by atoms with Crippen LogP contribution in [-0.2, 0) is 17.5 Å². The lowest BCUT2D eigenvalue weighted by Gasteiger charge is -2.36. The van der Waals surface area contributed by atoms with E-state index in [1.165, 1.54) is 11.6 Å². The SMILES string of the molecule is CN(C)C(=O)[C@@H]1CN(c2ccc(C#N)c(C(F)(F)F)c2)C[C@H]1C1CCN(Cc2ccncc2)CC1. The van der Waals surface area contributed by atoms with Crippen molar-refractivity contribution in [2.75, 3.05) is 45.2 Å². The van der Waals surface area contributed by atoms with Crippen LogP contribution in [0.15, 0.2) is 42.7 Å². The average molecular weight is 486 g/mol. The number of aromatic nitrogens is 1. The highest BCUT2D eigenvalue weighted by Crippen LogP contribution is 2.40. The second-order valence-corrected chi connectivity index (χ2v) is 9.72. The Morgan fingerprint density at radius 1 is 1.14 bits per heavy atom. The number of pyridine rings is 1. The lowest BCUT2D eigenvalue weighted by molar-refractivity contribution is -0.137. The summed E-state index contributed by atoms with van der Waals surface area (Å²) in [6.07, 6.45) is 0.866. The minimum atomic E-state index is -4.61. The van der Waals surface area contributed by atoms with E-state index in [2.05, 4.69) is 9.88 Å². The molecule has 2 atom stereocenters. The number of nitriles is 1. The molecule has 1 aromatic carbocycles. The fourth-order valence-electron chi connectivity index (χ4n) is 5.46. The summed E-state index contributed by atoms with van der Waals surface area (Å²) >= 11 is 0. The van der Waals surface area contributed by atoms with Crippen molar-refractivity contribution < 1.29 is 18.0 Å². The Morgan fingerprint density at radius 3 is 2.43 bits per heavy atom. The van der Waals surface area contributed by atoms with Gasteiger partial charge in [-0.2, -0.15) is 18.4 Å². The summed E-state index contributed by atoms with van der Waals surface area (Å²) in [4.78, 5) is 23.0. The molecule has 0 saturated carbocycles. The summed E-state index contributed by atoms with van der Waals surface area (Å²) in [7, 11) is 3.45. The number of alkyl halides is 3. The second kappa shape index (κ2) is 10.2. The minimum Gasteiger partial charge on any atom is -0.370 e. The maximum absolute atomic E-state index is 13.5. The number of hydrogen-bond donors (Lipinski definition) is 0. The highest BCUT2D eigenvalue weighted by Gasteiger charge is 2.44. The van der Waals surface area contributed by atoms with E-state index in [-0.39, 0.29) is 23.3 Å². The minimum absolute atomic E-state index is 0.0152. The van der Waals surface area contributed by atoms with Crippen molar-refractivity contribution in [3.63, 3.8) is 0 Å².